The number of rotatable bonds is 5. The van der Waals surface area contributed by atoms with Crippen LogP contribution in [0, 0.1) is 0 Å². The SMILES string of the molecule is CCS(=O)(=O)c1nnc(N2C(=O)N(C)CC2OC(=O)c2cccnc2)s1. The number of pyridine rings is 1. The lowest BCUT2D eigenvalue weighted by molar-refractivity contribution is 0.0331. The molecule has 0 radical (unpaired) electrons. The molecule has 0 aromatic carbocycles. The Bertz CT molecular complexity index is 930. The lowest BCUT2D eigenvalue weighted by Gasteiger charge is -2.19. The van der Waals surface area contributed by atoms with Crippen LogP contribution in [-0.4, -0.2) is 66.1 Å². The Labute approximate surface area is 153 Å². The van der Waals surface area contributed by atoms with Gasteiger partial charge >= 0.3 is 12.0 Å². The molecule has 2 aromatic rings. The number of hydrogen-bond acceptors (Lipinski definition) is 9. The van der Waals surface area contributed by atoms with Crippen LogP contribution in [0.2, 0.25) is 0 Å². The monoisotopic (exact) mass is 397 g/mol. The summed E-state index contributed by atoms with van der Waals surface area (Å²) in [5, 5.41) is 7.50. The van der Waals surface area contributed by atoms with Gasteiger partial charge in [-0.05, 0) is 12.1 Å². The lowest BCUT2D eigenvalue weighted by Crippen LogP contribution is -2.37. The normalized spacial score (nSPS) is 17.6. The van der Waals surface area contributed by atoms with Crippen LogP contribution < -0.4 is 4.90 Å². The first-order valence-corrected chi connectivity index (χ1v) is 10.0. The van der Waals surface area contributed by atoms with Gasteiger partial charge in [0.2, 0.25) is 25.5 Å². The fraction of sp³-hybridized carbons (Fsp3) is 0.357. The minimum absolute atomic E-state index is 0.0513. The molecule has 3 rings (SSSR count). The minimum atomic E-state index is -3.54. The second-order valence-electron chi connectivity index (χ2n) is 5.39. The van der Waals surface area contributed by atoms with Crippen LogP contribution in [0.15, 0.2) is 28.9 Å². The zero-order valence-corrected chi connectivity index (χ0v) is 15.5. The van der Waals surface area contributed by atoms with E-state index < -0.39 is 28.1 Å². The number of nitrogens with zero attached hydrogens (tertiary/aromatic N) is 5. The number of aromatic nitrogens is 3. The first-order valence-electron chi connectivity index (χ1n) is 7.55. The predicted molar refractivity (Wildman–Crippen MR) is 91.6 cm³/mol. The highest BCUT2D eigenvalue weighted by molar-refractivity contribution is 7.93. The molecule has 26 heavy (non-hydrogen) atoms. The Morgan fingerprint density at radius 1 is 1.42 bits per heavy atom. The molecule has 0 N–H and O–H groups in total. The van der Waals surface area contributed by atoms with Crippen molar-refractivity contribution in [1.29, 1.82) is 0 Å². The number of amides is 2. The van der Waals surface area contributed by atoms with Crippen LogP contribution in [0.3, 0.4) is 0 Å². The molecule has 1 aliphatic rings. The topological polar surface area (TPSA) is 123 Å². The number of likely N-dealkylation sites (N-methyl/N-ethyl adjacent to an activating group) is 1. The van der Waals surface area contributed by atoms with E-state index in [1.54, 1.807) is 6.07 Å². The van der Waals surface area contributed by atoms with Crippen molar-refractivity contribution in [3.05, 3.63) is 30.1 Å². The first kappa shape index (κ1) is 18.2. The van der Waals surface area contributed by atoms with Crippen molar-refractivity contribution in [2.75, 3.05) is 24.2 Å². The van der Waals surface area contributed by atoms with E-state index in [1.165, 1.54) is 37.3 Å². The van der Waals surface area contributed by atoms with Gasteiger partial charge in [-0.3, -0.25) is 4.98 Å². The molecule has 0 bridgehead atoms. The predicted octanol–water partition coefficient (Wildman–Crippen LogP) is 0.782. The van der Waals surface area contributed by atoms with Crippen molar-refractivity contribution in [3.63, 3.8) is 0 Å². The quantitative estimate of drug-likeness (QED) is 0.536. The van der Waals surface area contributed by atoms with Gasteiger partial charge in [-0.15, -0.1) is 10.2 Å². The molecule has 1 saturated heterocycles. The fourth-order valence-electron chi connectivity index (χ4n) is 2.22. The van der Waals surface area contributed by atoms with Crippen LogP contribution in [0.1, 0.15) is 17.3 Å². The Balaban J connectivity index is 1.86. The third kappa shape index (κ3) is 3.37. The molecular formula is C14H15N5O5S2. The smallest absolute Gasteiger partial charge is 0.341 e. The minimum Gasteiger partial charge on any atom is -0.435 e. The van der Waals surface area contributed by atoms with Gasteiger partial charge in [0.25, 0.3) is 0 Å². The maximum absolute atomic E-state index is 12.4. The van der Waals surface area contributed by atoms with Gasteiger partial charge in [0.15, 0.2) is 0 Å². The highest BCUT2D eigenvalue weighted by atomic mass is 32.2. The maximum atomic E-state index is 12.4. The Morgan fingerprint density at radius 2 is 2.19 bits per heavy atom. The van der Waals surface area contributed by atoms with Crippen LogP contribution in [0.5, 0.6) is 0 Å². The summed E-state index contributed by atoms with van der Waals surface area (Å²) in [6.45, 7) is 1.60. The highest BCUT2D eigenvalue weighted by Gasteiger charge is 2.41. The summed E-state index contributed by atoms with van der Waals surface area (Å²) >= 11 is 0.759. The first-order chi connectivity index (χ1) is 12.3. The van der Waals surface area contributed by atoms with Gasteiger partial charge in [-0.1, -0.05) is 18.3 Å². The number of hydrogen-bond donors (Lipinski definition) is 0. The Morgan fingerprint density at radius 3 is 2.85 bits per heavy atom. The number of carbonyl (C=O) groups is 2. The summed E-state index contributed by atoms with van der Waals surface area (Å²) < 4.78 is 29.1. The van der Waals surface area contributed by atoms with Gasteiger partial charge in [0.1, 0.15) is 0 Å². The molecule has 0 aliphatic carbocycles. The number of anilines is 1. The van der Waals surface area contributed by atoms with Crippen molar-refractivity contribution < 1.29 is 22.7 Å². The van der Waals surface area contributed by atoms with Gasteiger partial charge < -0.3 is 9.64 Å². The molecule has 1 unspecified atom stereocenters. The van der Waals surface area contributed by atoms with Crippen molar-refractivity contribution in [2.45, 2.75) is 17.5 Å². The highest BCUT2D eigenvalue weighted by Crippen LogP contribution is 2.30. The lowest BCUT2D eigenvalue weighted by atomic mass is 10.3. The van der Waals surface area contributed by atoms with E-state index >= 15 is 0 Å². The molecule has 1 aliphatic heterocycles. The average Bonchev–Trinajstić information content (AvgIpc) is 3.22. The summed E-state index contributed by atoms with van der Waals surface area (Å²) in [5.41, 5.74) is 0.237. The van der Waals surface area contributed by atoms with Crippen LogP contribution >= 0.6 is 11.3 Å². The molecule has 138 valence electrons. The van der Waals surface area contributed by atoms with Crippen LogP contribution in [0.25, 0.3) is 0 Å². The standard InChI is InChI=1S/C14H15N5O5S2/c1-3-26(22,23)13-17-16-12(25-13)19-10(8-18(2)14(19)21)24-11(20)9-5-4-6-15-7-9/h4-7,10H,3,8H2,1-2H3. The van der Waals surface area contributed by atoms with Crippen molar-refractivity contribution in [3.8, 4) is 0 Å². The fourth-order valence-corrected chi connectivity index (χ4v) is 4.33. The summed E-state index contributed by atoms with van der Waals surface area (Å²) in [6.07, 6.45) is 1.92. The number of carbonyl (C=O) groups excluding carboxylic acids is 2. The molecule has 1 fully saturated rings. The van der Waals surface area contributed by atoms with Crippen molar-refractivity contribution >= 4 is 38.3 Å². The van der Waals surface area contributed by atoms with E-state index in [0.717, 1.165) is 16.2 Å². The number of ether oxygens (including phenoxy) is 1. The molecular weight excluding hydrogens is 382 g/mol. The molecule has 1 atom stereocenters. The van der Waals surface area contributed by atoms with E-state index in [1.807, 2.05) is 0 Å². The average molecular weight is 397 g/mol. The van der Waals surface area contributed by atoms with Crippen LogP contribution in [-0.2, 0) is 14.6 Å². The third-order valence-corrected chi connectivity index (χ3v) is 6.74. The van der Waals surface area contributed by atoms with Gasteiger partial charge in [-0.25, -0.2) is 22.9 Å². The third-order valence-electron chi connectivity index (χ3n) is 3.64. The summed E-state index contributed by atoms with van der Waals surface area (Å²) in [6, 6.07) is 2.66. The second-order valence-corrected chi connectivity index (χ2v) is 8.80. The van der Waals surface area contributed by atoms with Crippen LogP contribution in [0.4, 0.5) is 9.93 Å². The summed E-state index contributed by atoms with van der Waals surface area (Å²) in [7, 11) is -2.00. The Kier molecular flexibility index (Phi) is 4.87. The van der Waals surface area contributed by atoms with E-state index in [4.69, 9.17) is 4.74 Å². The number of esters is 1. The molecule has 3 heterocycles. The van der Waals surface area contributed by atoms with Gasteiger partial charge in [0.05, 0.1) is 17.9 Å². The number of sulfone groups is 1. The molecule has 0 saturated carbocycles. The summed E-state index contributed by atoms with van der Waals surface area (Å²) in [5.74, 6) is -0.781. The Hall–Kier alpha value is -2.60. The molecule has 10 nitrogen and oxygen atoms in total. The zero-order valence-electron chi connectivity index (χ0n) is 13.9. The molecule has 12 heteroatoms. The van der Waals surface area contributed by atoms with E-state index in [0.29, 0.717) is 0 Å². The zero-order chi connectivity index (χ0) is 18.9. The van der Waals surface area contributed by atoms with E-state index in [9.17, 15) is 18.0 Å². The molecule has 2 amide bonds. The van der Waals surface area contributed by atoms with Crippen molar-refractivity contribution in [1.82, 2.24) is 20.1 Å². The van der Waals surface area contributed by atoms with Gasteiger partial charge in [-0.2, -0.15) is 0 Å². The largest absolute Gasteiger partial charge is 0.435 e. The summed E-state index contributed by atoms with van der Waals surface area (Å²) in [4.78, 5) is 31.0. The van der Waals surface area contributed by atoms with Crippen molar-refractivity contribution in [2.24, 2.45) is 0 Å². The molecule has 0 spiro atoms. The second kappa shape index (κ2) is 6.96. The van der Waals surface area contributed by atoms with E-state index in [2.05, 4.69) is 15.2 Å². The van der Waals surface area contributed by atoms with Gasteiger partial charge in [0, 0.05) is 19.4 Å². The maximum Gasteiger partial charge on any atom is 0.341 e. The number of urea groups is 1. The van der Waals surface area contributed by atoms with E-state index in [-0.39, 0.29) is 27.3 Å². The molecule has 2 aromatic heterocycles.